The molecule has 0 saturated carbocycles. The zero-order valence-electron chi connectivity index (χ0n) is 13.7. The van der Waals surface area contributed by atoms with Gasteiger partial charge in [-0.25, -0.2) is 9.97 Å². The largest absolute Gasteiger partial charge is 0.454 e. The molecular formula is C18H16ClN5O2. The Morgan fingerprint density at radius 2 is 1.85 bits per heavy atom. The highest BCUT2D eigenvalue weighted by atomic mass is 35.5. The minimum atomic E-state index is 0.227. The predicted octanol–water partition coefficient (Wildman–Crippen LogP) is 3.80. The Morgan fingerprint density at radius 3 is 2.73 bits per heavy atom. The fourth-order valence-corrected chi connectivity index (χ4v) is 2.77. The first-order chi connectivity index (χ1) is 12.7. The number of nitrogens with one attached hydrogen (secondary N) is 2. The van der Waals surface area contributed by atoms with Gasteiger partial charge in [0.2, 0.25) is 6.79 Å². The maximum Gasteiger partial charge on any atom is 0.231 e. The molecule has 0 unspecified atom stereocenters. The van der Waals surface area contributed by atoms with E-state index < -0.39 is 0 Å². The topological polar surface area (TPSA) is 94.3 Å². The fraction of sp³-hybridized carbons (Fsp3) is 0.111. The number of nitrogen functional groups attached to an aromatic ring is 1. The summed E-state index contributed by atoms with van der Waals surface area (Å²) in [6.07, 6.45) is 1.45. The molecule has 0 bridgehead atoms. The lowest BCUT2D eigenvalue weighted by Gasteiger charge is -2.13. The van der Waals surface area contributed by atoms with Gasteiger partial charge in [-0.15, -0.1) is 0 Å². The van der Waals surface area contributed by atoms with E-state index in [1.807, 2.05) is 42.5 Å². The molecule has 1 aromatic heterocycles. The van der Waals surface area contributed by atoms with Gasteiger partial charge in [0.05, 0.1) is 0 Å². The number of anilines is 4. The summed E-state index contributed by atoms with van der Waals surface area (Å²) in [5.41, 5.74) is 8.37. The van der Waals surface area contributed by atoms with Crippen molar-refractivity contribution < 1.29 is 9.47 Å². The van der Waals surface area contributed by atoms with Crippen LogP contribution in [-0.2, 0) is 6.54 Å². The van der Waals surface area contributed by atoms with Gasteiger partial charge >= 0.3 is 0 Å². The highest BCUT2D eigenvalue weighted by molar-refractivity contribution is 6.31. The van der Waals surface area contributed by atoms with E-state index >= 15 is 0 Å². The van der Waals surface area contributed by atoms with Gasteiger partial charge in [0, 0.05) is 23.3 Å². The van der Waals surface area contributed by atoms with Crippen molar-refractivity contribution in [1.29, 1.82) is 0 Å². The van der Waals surface area contributed by atoms with Crippen molar-refractivity contribution in [3.05, 3.63) is 59.4 Å². The molecule has 1 aliphatic rings. The zero-order valence-corrected chi connectivity index (χ0v) is 14.5. The molecule has 7 nitrogen and oxygen atoms in total. The molecule has 4 N–H and O–H groups in total. The number of hydrogen-bond donors (Lipinski definition) is 3. The van der Waals surface area contributed by atoms with E-state index in [4.69, 9.17) is 26.8 Å². The number of ether oxygens (including phenoxy) is 2. The summed E-state index contributed by atoms with van der Waals surface area (Å²) in [4.78, 5) is 8.42. The van der Waals surface area contributed by atoms with Gasteiger partial charge in [0.1, 0.15) is 12.0 Å². The lowest BCUT2D eigenvalue weighted by atomic mass is 10.2. The molecule has 2 heterocycles. The van der Waals surface area contributed by atoms with Gasteiger partial charge in [-0.3, -0.25) is 0 Å². The van der Waals surface area contributed by atoms with Crippen LogP contribution in [0.15, 0.2) is 48.8 Å². The number of benzene rings is 2. The molecule has 1 aliphatic heterocycles. The van der Waals surface area contributed by atoms with Crippen molar-refractivity contribution in [3.8, 4) is 11.5 Å². The minimum Gasteiger partial charge on any atom is -0.454 e. The second-order valence-corrected chi connectivity index (χ2v) is 6.03. The average molecular weight is 370 g/mol. The van der Waals surface area contributed by atoms with Gasteiger partial charge in [-0.2, -0.15) is 0 Å². The van der Waals surface area contributed by atoms with Gasteiger partial charge in [0.15, 0.2) is 23.1 Å². The van der Waals surface area contributed by atoms with E-state index in [1.54, 1.807) is 0 Å². The molecule has 0 fully saturated rings. The van der Waals surface area contributed by atoms with Crippen LogP contribution in [0.2, 0.25) is 5.02 Å². The third-order valence-electron chi connectivity index (χ3n) is 3.92. The molecule has 0 radical (unpaired) electrons. The Bertz CT molecular complexity index is 951. The lowest BCUT2D eigenvalue weighted by molar-refractivity contribution is 0.174. The molecule has 2 aromatic carbocycles. The molecule has 132 valence electrons. The van der Waals surface area contributed by atoms with Gasteiger partial charge in [0.25, 0.3) is 0 Å². The van der Waals surface area contributed by atoms with E-state index in [2.05, 4.69) is 20.6 Å². The average Bonchev–Trinajstić information content (AvgIpc) is 3.11. The normalized spacial score (nSPS) is 12.0. The molecule has 4 rings (SSSR count). The molecule has 0 atom stereocenters. The number of nitrogens with two attached hydrogens (primary N) is 1. The van der Waals surface area contributed by atoms with Crippen molar-refractivity contribution in [2.45, 2.75) is 6.54 Å². The molecular weight excluding hydrogens is 354 g/mol. The second kappa shape index (κ2) is 6.97. The summed E-state index contributed by atoms with van der Waals surface area (Å²) in [5.74, 6) is 2.43. The highest BCUT2D eigenvalue weighted by Crippen LogP contribution is 2.36. The van der Waals surface area contributed by atoms with Crippen molar-refractivity contribution in [2.75, 3.05) is 23.2 Å². The molecule has 0 amide bonds. The second-order valence-electron chi connectivity index (χ2n) is 5.62. The van der Waals surface area contributed by atoms with Crippen molar-refractivity contribution in [3.63, 3.8) is 0 Å². The molecule has 8 heteroatoms. The van der Waals surface area contributed by atoms with Crippen molar-refractivity contribution >= 4 is 34.6 Å². The third-order valence-corrected chi connectivity index (χ3v) is 4.29. The Kier molecular flexibility index (Phi) is 4.37. The predicted molar refractivity (Wildman–Crippen MR) is 101 cm³/mol. The van der Waals surface area contributed by atoms with Crippen LogP contribution in [0.25, 0.3) is 0 Å². The number of nitrogens with zero attached hydrogens (tertiary/aromatic N) is 2. The van der Waals surface area contributed by atoms with Gasteiger partial charge in [-0.1, -0.05) is 29.8 Å². The van der Waals surface area contributed by atoms with E-state index in [9.17, 15) is 0 Å². The standard InChI is InChI=1S/C18H16ClN5O2/c19-13-4-2-1-3-11(13)8-21-17-16(20)18(23-9-22-17)24-12-5-6-14-15(7-12)26-10-25-14/h1-7,9H,8,10,20H2,(H2,21,22,23,24). The van der Waals surface area contributed by atoms with Gasteiger partial charge < -0.3 is 25.8 Å². The Labute approximate surface area is 155 Å². The summed E-state index contributed by atoms with van der Waals surface area (Å²) >= 11 is 6.18. The SMILES string of the molecule is Nc1c(NCc2ccccc2Cl)ncnc1Nc1ccc2c(c1)OCO2. The van der Waals surface area contributed by atoms with Crippen LogP contribution in [0.1, 0.15) is 5.56 Å². The number of halogens is 1. The van der Waals surface area contributed by atoms with Crippen LogP contribution in [0.3, 0.4) is 0 Å². The molecule has 0 spiro atoms. The van der Waals surface area contributed by atoms with Crippen LogP contribution in [0.4, 0.5) is 23.0 Å². The van der Waals surface area contributed by atoms with E-state index in [0.717, 1.165) is 11.3 Å². The van der Waals surface area contributed by atoms with Crippen LogP contribution in [0.5, 0.6) is 11.5 Å². The fourth-order valence-electron chi connectivity index (χ4n) is 2.57. The maximum atomic E-state index is 6.21. The van der Waals surface area contributed by atoms with Crippen LogP contribution < -0.4 is 25.8 Å². The van der Waals surface area contributed by atoms with E-state index in [-0.39, 0.29) is 6.79 Å². The summed E-state index contributed by atoms with van der Waals surface area (Å²) < 4.78 is 10.7. The first-order valence-electron chi connectivity index (χ1n) is 7.95. The maximum absolute atomic E-state index is 6.21. The third kappa shape index (κ3) is 3.29. The summed E-state index contributed by atoms with van der Waals surface area (Å²) in [7, 11) is 0. The Morgan fingerprint density at radius 1 is 1.04 bits per heavy atom. The molecule has 0 aliphatic carbocycles. The number of rotatable bonds is 5. The van der Waals surface area contributed by atoms with Crippen molar-refractivity contribution in [2.24, 2.45) is 0 Å². The highest BCUT2D eigenvalue weighted by Gasteiger charge is 2.14. The first-order valence-corrected chi connectivity index (χ1v) is 8.33. The number of hydrogen-bond acceptors (Lipinski definition) is 7. The van der Waals surface area contributed by atoms with Gasteiger partial charge in [-0.05, 0) is 23.8 Å². The smallest absolute Gasteiger partial charge is 0.231 e. The number of fused-ring (bicyclic) bond motifs is 1. The molecule has 26 heavy (non-hydrogen) atoms. The van der Waals surface area contributed by atoms with Crippen LogP contribution in [-0.4, -0.2) is 16.8 Å². The monoisotopic (exact) mass is 369 g/mol. The van der Waals surface area contributed by atoms with E-state index in [1.165, 1.54) is 6.33 Å². The summed E-state index contributed by atoms with van der Waals surface area (Å²) in [6, 6.07) is 13.1. The molecule has 3 aromatic rings. The van der Waals surface area contributed by atoms with Crippen molar-refractivity contribution in [1.82, 2.24) is 9.97 Å². The first kappa shape index (κ1) is 16.3. The van der Waals surface area contributed by atoms with Crippen LogP contribution in [0, 0.1) is 0 Å². The Balaban J connectivity index is 1.51. The quantitative estimate of drug-likeness (QED) is 0.629. The zero-order chi connectivity index (χ0) is 17.9. The van der Waals surface area contributed by atoms with E-state index in [0.29, 0.717) is 40.4 Å². The number of aromatic nitrogens is 2. The summed E-state index contributed by atoms with van der Waals surface area (Å²) in [5, 5.41) is 7.05. The summed E-state index contributed by atoms with van der Waals surface area (Å²) in [6.45, 7) is 0.731. The lowest BCUT2D eigenvalue weighted by Crippen LogP contribution is -2.08. The van der Waals surface area contributed by atoms with Crippen LogP contribution >= 0.6 is 11.6 Å². The minimum absolute atomic E-state index is 0.227. The Hall–Kier alpha value is -3.19. The molecule has 0 saturated heterocycles.